The highest BCUT2D eigenvalue weighted by molar-refractivity contribution is 8.18. The number of carbonyl (C=O) groups excluding carboxylic acids is 3. The molecule has 1 aliphatic rings. The molecule has 6 nitrogen and oxygen atoms in total. The number of pyridine rings is 1. The number of aromatic nitrogens is 1. The molecule has 2 rings (SSSR count). The van der Waals surface area contributed by atoms with E-state index >= 15 is 0 Å². The maximum Gasteiger partial charge on any atom is 0.326 e. The van der Waals surface area contributed by atoms with Gasteiger partial charge >= 0.3 is 5.97 Å². The monoisotopic (exact) mass is 320 g/mol. The number of nitrogens with zero attached hydrogens (tertiary/aromatic N) is 2. The van der Waals surface area contributed by atoms with Gasteiger partial charge in [-0.15, -0.1) is 0 Å². The van der Waals surface area contributed by atoms with Crippen molar-refractivity contribution in [3.05, 3.63) is 35.0 Å². The van der Waals surface area contributed by atoms with Gasteiger partial charge in [-0.2, -0.15) is 0 Å². The minimum Gasteiger partial charge on any atom is -0.464 e. The Morgan fingerprint density at radius 1 is 1.45 bits per heavy atom. The summed E-state index contributed by atoms with van der Waals surface area (Å²) in [6.07, 6.45) is 4.79. The largest absolute Gasteiger partial charge is 0.464 e. The van der Waals surface area contributed by atoms with E-state index < -0.39 is 17.1 Å². The zero-order chi connectivity index (χ0) is 16.1. The van der Waals surface area contributed by atoms with Gasteiger partial charge in [0.25, 0.3) is 11.1 Å². The molecular weight excluding hydrogens is 304 g/mol. The molecule has 1 saturated heterocycles. The van der Waals surface area contributed by atoms with Gasteiger partial charge in [0.2, 0.25) is 0 Å². The van der Waals surface area contributed by atoms with Gasteiger partial charge in [0, 0.05) is 12.4 Å². The fourth-order valence-electron chi connectivity index (χ4n) is 1.68. The van der Waals surface area contributed by atoms with Crippen LogP contribution in [0, 0.1) is 5.92 Å². The van der Waals surface area contributed by atoms with Crippen LogP contribution in [-0.4, -0.2) is 40.2 Å². The lowest BCUT2D eigenvalue weighted by atomic mass is 10.2. The molecule has 2 heterocycles. The normalized spacial score (nSPS) is 16.7. The van der Waals surface area contributed by atoms with E-state index in [1.165, 1.54) is 0 Å². The molecule has 0 atom stereocenters. The Labute approximate surface area is 132 Å². The van der Waals surface area contributed by atoms with Gasteiger partial charge in [-0.1, -0.05) is 19.9 Å². The summed E-state index contributed by atoms with van der Waals surface area (Å²) in [6.45, 7) is 3.72. The molecule has 0 aromatic carbocycles. The van der Waals surface area contributed by atoms with Crippen LogP contribution in [0.4, 0.5) is 4.79 Å². The Bertz CT molecular complexity index is 613. The second-order valence-electron chi connectivity index (χ2n) is 5.13. The topological polar surface area (TPSA) is 76.6 Å². The van der Waals surface area contributed by atoms with Crippen molar-refractivity contribution in [2.24, 2.45) is 5.92 Å². The maximum absolute atomic E-state index is 12.2. The third-order valence-corrected chi connectivity index (χ3v) is 3.63. The van der Waals surface area contributed by atoms with Crippen molar-refractivity contribution >= 4 is 35.0 Å². The lowest BCUT2D eigenvalue weighted by molar-refractivity contribution is -0.147. The van der Waals surface area contributed by atoms with Crippen LogP contribution in [-0.2, 0) is 14.3 Å². The summed E-state index contributed by atoms with van der Waals surface area (Å²) in [6, 6.07) is 3.51. The lowest BCUT2D eigenvalue weighted by Crippen LogP contribution is -2.34. The van der Waals surface area contributed by atoms with Gasteiger partial charge in [0.1, 0.15) is 6.54 Å². The third-order valence-electron chi connectivity index (χ3n) is 2.72. The van der Waals surface area contributed by atoms with E-state index in [0.29, 0.717) is 0 Å². The van der Waals surface area contributed by atoms with E-state index in [4.69, 9.17) is 4.74 Å². The zero-order valence-corrected chi connectivity index (χ0v) is 13.1. The number of amides is 2. The van der Waals surface area contributed by atoms with Gasteiger partial charge in [0.15, 0.2) is 0 Å². The average Bonchev–Trinajstić information content (AvgIpc) is 2.74. The van der Waals surface area contributed by atoms with Crippen molar-refractivity contribution in [2.45, 2.75) is 13.8 Å². The van der Waals surface area contributed by atoms with Gasteiger partial charge in [-0.25, -0.2) is 0 Å². The summed E-state index contributed by atoms with van der Waals surface area (Å²) in [5.41, 5.74) is 0.718. The number of ether oxygens (including phenoxy) is 1. The van der Waals surface area contributed by atoms with Crippen LogP contribution in [0.2, 0.25) is 0 Å². The van der Waals surface area contributed by atoms with E-state index in [1.807, 2.05) is 13.8 Å². The Hall–Kier alpha value is -2.15. The second-order valence-corrected chi connectivity index (χ2v) is 6.12. The second kappa shape index (κ2) is 7.22. The summed E-state index contributed by atoms with van der Waals surface area (Å²) in [7, 11) is 0. The van der Waals surface area contributed by atoms with Crippen LogP contribution in [0.5, 0.6) is 0 Å². The molecule has 7 heteroatoms. The molecule has 1 aliphatic heterocycles. The number of esters is 1. The smallest absolute Gasteiger partial charge is 0.326 e. The third kappa shape index (κ3) is 4.17. The van der Waals surface area contributed by atoms with Crippen LogP contribution >= 0.6 is 11.8 Å². The summed E-state index contributed by atoms with van der Waals surface area (Å²) < 4.78 is 4.99. The van der Waals surface area contributed by atoms with Crippen molar-refractivity contribution < 1.29 is 19.1 Å². The number of thioether (sulfide) groups is 1. The van der Waals surface area contributed by atoms with Crippen LogP contribution < -0.4 is 0 Å². The van der Waals surface area contributed by atoms with Crippen molar-refractivity contribution in [2.75, 3.05) is 13.2 Å². The van der Waals surface area contributed by atoms with Gasteiger partial charge in [-0.05, 0) is 35.4 Å². The standard InChI is InChI=1S/C15H16N2O4S/c1-10(2)9-21-13(18)8-17-14(19)12(22-15(17)20)6-11-4-3-5-16-7-11/h3-7,10H,8-9H2,1-2H3/b12-6+. The molecule has 0 unspecified atom stereocenters. The number of hydrogen-bond acceptors (Lipinski definition) is 6. The zero-order valence-electron chi connectivity index (χ0n) is 12.3. The molecule has 1 fully saturated rings. The number of rotatable bonds is 5. The molecule has 0 bridgehead atoms. The Kier molecular flexibility index (Phi) is 5.32. The fraction of sp³-hybridized carbons (Fsp3) is 0.333. The van der Waals surface area contributed by atoms with E-state index in [-0.39, 0.29) is 24.0 Å². The molecule has 116 valence electrons. The van der Waals surface area contributed by atoms with Gasteiger partial charge in [-0.3, -0.25) is 24.3 Å². The molecule has 2 amide bonds. The Morgan fingerprint density at radius 3 is 2.86 bits per heavy atom. The SMILES string of the molecule is CC(C)COC(=O)CN1C(=O)S/C(=C/c2cccnc2)C1=O. The van der Waals surface area contributed by atoms with Crippen molar-refractivity contribution in [1.82, 2.24) is 9.88 Å². The van der Waals surface area contributed by atoms with Crippen molar-refractivity contribution in [3.63, 3.8) is 0 Å². The average molecular weight is 320 g/mol. The summed E-state index contributed by atoms with van der Waals surface area (Å²) in [4.78, 5) is 40.8. The Morgan fingerprint density at radius 2 is 2.23 bits per heavy atom. The van der Waals surface area contributed by atoms with Gasteiger partial charge < -0.3 is 4.74 Å². The van der Waals surface area contributed by atoms with Crippen LogP contribution in [0.15, 0.2) is 29.4 Å². The molecule has 0 spiro atoms. The van der Waals surface area contributed by atoms with Crippen LogP contribution in [0.3, 0.4) is 0 Å². The first-order chi connectivity index (χ1) is 10.5. The minimum absolute atomic E-state index is 0.198. The van der Waals surface area contributed by atoms with Gasteiger partial charge in [0.05, 0.1) is 11.5 Å². The molecule has 1 aromatic heterocycles. The predicted molar refractivity (Wildman–Crippen MR) is 82.7 cm³/mol. The number of carbonyl (C=O) groups is 3. The van der Waals surface area contributed by atoms with E-state index in [0.717, 1.165) is 22.2 Å². The van der Waals surface area contributed by atoms with E-state index in [9.17, 15) is 14.4 Å². The Balaban J connectivity index is 2.03. The summed E-state index contributed by atoms with van der Waals surface area (Å²) in [5.74, 6) is -0.872. The van der Waals surface area contributed by atoms with E-state index in [1.54, 1.807) is 30.6 Å². The first kappa shape index (κ1) is 16.2. The quantitative estimate of drug-likeness (QED) is 0.612. The van der Waals surface area contributed by atoms with Crippen LogP contribution in [0.1, 0.15) is 19.4 Å². The molecular formula is C15H16N2O4S. The maximum atomic E-state index is 12.2. The first-order valence-corrected chi connectivity index (χ1v) is 7.60. The minimum atomic E-state index is -0.585. The highest BCUT2D eigenvalue weighted by Crippen LogP contribution is 2.31. The van der Waals surface area contributed by atoms with Crippen molar-refractivity contribution in [3.8, 4) is 0 Å². The molecule has 0 saturated carbocycles. The summed E-state index contributed by atoms with van der Waals surface area (Å²) in [5, 5.41) is -0.471. The molecule has 0 radical (unpaired) electrons. The fourth-order valence-corrected chi connectivity index (χ4v) is 2.52. The lowest BCUT2D eigenvalue weighted by Gasteiger charge is -2.12. The predicted octanol–water partition coefficient (Wildman–Crippen LogP) is 2.32. The number of imide groups is 1. The molecule has 0 aliphatic carbocycles. The number of hydrogen-bond donors (Lipinski definition) is 0. The highest BCUT2D eigenvalue weighted by atomic mass is 32.2. The van der Waals surface area contributed by atoms with Crippen LogP contribution in [0.25, 0.3) is 6.08 Å². The first-order valence-electron chi connectivity index (χ1n) is 6.78. The molecule has 22 heavy (non-hydrogen) atoms. The van der Waals surface area contributed by atoms with Crippen molar-refractivity contribution in [1.29, 1.82) is 0 Å². The highest BCUT2D eigenvalue weighted by Gasteiger charge is 2.36. The van der Waals surface area contributed by atoms with E-state index in [2.05, 4.69) is 4.98 Å². The molecule has 0 N–H and O–H groups in total. The molecule has 1 aromatic rings. The summed E-state index contributed by atoms with van der Waals surface area (Å²) >= 11 is 0.806.